The lowest BCUT2D eigenvalue weighted by molar-refractivity contribution is -0.119. The first kappa shape index (κ1) is 19.3. The van der Waals surface area contributed by atoms with Crippen LogP contribution < -0.4 is 5.32 Å². The standard InChI is InChI=1S/C17H19Br2ClN2O2/c1-17(2,3)22-6-4-10(5-7-22)21-14(23)8-11-15(19)13(20)9-12(18)16(11)24/h4-6,9,24H,7-8H2,1-3H3,(H,21,23). The van der Waals surface area contributed by atoms with Crippen molar-refractivity contribution in [3.8, 4) is 5.75 Å². The Hall–Kier alpha value is -0.980. The van der Waals surface area contributed by atoms with Crippen LogP contribution in [0.15, 0.2) is 39.1 Å². The molecular weight excluding hydrogens is 459 g/mol. The third-order valence-electron chi connectivity index (χ3n) is 3.66. The molecule has 1 aromatic rings. The molecule has 0 fully saturated rings. The van der Waals surface area contributed by atoms with Crippen LogP contribution in [-0.4, -0.2) is 28.0 Å². The lowest BCUT2D eigenvalue weighted by Gasteiger charge is -2.35. The second-order valence-corrected chi connectivity index (χ2v) is 8.56. The summed E-state index contributed by atoms with van der Waals surface area (Å²) in [6.45, 7) is 7.12. The number of nitrogens with one attached hydrogen (secondary N) is 1. The van der Waals surface area contributed by atoms with Gasteiger partial charge in [0.2, 0.25) is 5.91 Å². The van der Waals surface area contributed by atoms with Crippen LogP contribution in [0.4, 0.5) is 0 Å². The highest BCUT2D eigenvalue weighted by Crippen LogP contribution is 2.39. The van der Waals surface area contributed by atoms with Gasteiger partial charge in [-0.15, -0.1) is 0 Å². The molecule has 0 saturated carbocycles. The fourth-order valence-corrected chi connectivity index (χ4v) is 3.51. The lowest BCUT2D eigenvalue weighted by atomic mass is 10.1. The fraction of sp³-hybridized carbons (Fsp3) is 0.353. The summed E-state index contributed by atoms with van der Waals surface area (Å²) in [6.07, 6.45) is 5.82. The summed E-state index contributed by atoms with van der Waals surface area (Å²) in [4.78, 5) is 14.5. The minimum absolute atomic E-state index is 0.00787. The number of phenols is 1. The third kappa shape index (κ3) is 4.55. The Balaban J connectivity index is 2.06. The van der Waals surface area contributed by atoms with Crippen LogP contribution in [0.5, 0.6) is 5.75 Å². The monoisotopic (exact) mass is 476 g/mol. The number of nitrogens with zero attached hydrogens (tertiary/aromatic N) is 1. The van der Waals surface area contributed by atoms with E-state index in [-0.39, 0.29) is 23.6 Å². The van der Waals surface area contributed by atoms with Gasteiger partial charge in [0.1, 0.15) is 5.75 Å². The number of hydrogen-bond donors (Lipinski definition) is 2. The average molecular weight is 479 g/mol. The van der Waals surface area contributed by atoms with E-state index in [0.717, 1.165) is 12.2 Å². The minimum atomic E-state index is -0.222. The van der Waals surface area contributed by atoms with E-state index in [4.69, 9.17) is 11.6 Å². The predicted molar refractivity (Wildman–Crippen MR) is 104 cm³/mol. The Labute approximate surface area is 163 Å². The summed E-state index contributed by atoms with van der Waals surface area (Å²) in [7, 11) is 0. The van der Waals surface area contributed by atoms with Crippen molar-refractivity contribution in [2.75, 3.05) is 6.54 Å². The van der Waals surface area contributed by atoms with Gasteiger partial charge in [-0.3, -0.25) is 4.79 Å². The highest BCUT2D eigenvalue weighted by Gasteiger charge is 2.20. The lowest BCUT2D eigenvalue weighted by Crippen LogP contribution is -2.39. The van der Waals surface area contributed by atoms with Gasteiger partial charge in [0.25, 0.3) is 0 Å². The number of benzene rings is 1. The molecule has 0 spiro atoms. The molecule has 0 aromatic heterocycles. The molecule has 1 aromatic carbocycles. The zero-order chi connectivity index (χ0) is 18.1. The van der Waals surface area contributed by atoms with E-state index < -0.39 is 0 Å². The maximum Gasteiger partial charge on any atom is 0.228 e. The molecule has 1 heterocycles. The smallest absolute Gasteiger partial charge is 0.228 e. The summed E-state index contributed by atoms with van der Waals surface area (Å²) >= 11 is 12.6. The van der Waals surface area contributed by atoms with E-state index >= 15 is 0 Å². The second-order valence-electron chi connectivity index (χ2n) is 6.50. The van der Waals surface area contributed by atoms with Gasteiger partial charge in [-0.1, -0.05) is 11.6 Å². The quantitative estimate of drug-likeness (QED) is 0.617. The van der Waals surface area contributed by atoms with Crippen molar-refractivity contribution >= 4 is 49.4 Å². The van der Waals surface area contributed by atoms with Crippen molar-refractivity contribution in [2.45, 2.75) is 32.7 Å². The highest BCUT2D eigenvalue weighted by molar-refractivity contribution is 9.11. The number of carbonyl (C=O) groups excluding carboxylic acids is 1. The van der Waals surface area contributed by atoms with Crippen LogP contribution in [0, 0.1) is 0 Å². The summed E-state index contributed by atoms with van der Waals surface area (Å²) in [5.41, 5.74) is 1.23. The topological polar surface area (TPSA) is 52.6 Å². The third-order valence-corrected chi connectivity index (χ3v) is 5.70. The number of allylic oxidation sites excluding steroid dienone is 1. The van der Waals surface area contributed by atoms with Crippen molar-refractivity contribution in [2.24, 2.45) is 0 Å². The summed E-state index contributed by atoms with van der Waals surface area (Å²) in [6, 6.07) is 1.58. The number of amides is 1. The number of carbonyl (C=O) groups is 1. The number of hydrogen-bond acceptors (Lipinski definition) is 3. The normalized spacial score (nSPS) is 14.6. The maximum absolute atomic E-state index is 12.3. The zero-order valence-electron chi connectivity index (χ0n) is 13.7. The minimum Gasteiger partial charge on any atom is -0.506 e. The van der Waals surface area contributed by atoms with E-state index in [2.05, 4.69) is 62.8 Å². The van der Waals surface area contributed by atoms with Crippen LogP contribution in [-0.2, 0) is 11.2 Å². The molecule has 1 aliphatic heterocycles. The molecule has 0 radical (unpaired) electrons. The van der Waals surface area contributed by atoms with Gasteiger partial charge < -0.3 is 15.3 Å². The fourth-order valence-electron chi connectivity index (χ4n) is 2.25. The average Bonchev–Trinajstić information content (AvgIpc) is 2.49. The van der Waals surface area contributed by atoms with Gasteiger partial charge in [0.05, 0.1) is 15.9 Å². The van der Waals surface area contributed by atoms with Crippen LogP contribution >= 0.6 is 43.5 Å². The van der Waals surface area contributed by atoms with Crippen molar-refractivity contribution < 1.29 is 9.90 Å². The molecule has 1 aliphatic rings. The highest BCUT2D eigenvalue weighted by atomic mass is 79.9. The summed E-state index contributed by atoms with van der Waals surface area (Å²) in [5.74, 6) is -0.214. The first-order chi connectivity index (χ1) is 11.1. The molecule has 2 N–H and O–H groups in total. The van der Waals surface area contributed by atoms with Crippen molar-refractivity contribution in [1.29, 1.82) is 0 Å². The Morgan fingerprint density at radius 1 is 1.42 bits per heavy atom. The number of aromatic hydroxyl groups is 1. The van der Waals surface area contributed by atoms with Gasteiger partial charge in [0.15, 0.2) is 0 Å². The molecule has 0 bridgehead atoms. The molecular formula is C17H19Br2ClN2O2. The number of phenolic OH excluding ortho intramolecular Hbond substituents is 1. The maximum atomic E-state index is 12.3. The largest absolute Gasteiger partial charge is 0.506 e. The van der Waals surface area contributed by atoms with E-state index in [0.29, 0.717) is 19.5 Å². The summed E-state index contributed by atoms with van der Waals surface area (Å²) < 4.78 is 0.975. The first-order valence-corrected chi connectivity index (χ1v) is 9.36. The predicted octanol–water partition coefficient (Wildman–Crippen LogP) is 4.74. The van der Waals surface area contributed by atoms with E-state index in [1.807, 2.05) is 18.4 Å². The van der Waals surface area contributed by atoms with Crippen molar-refractivity contribution in [3.05, 3.63) is 49.6 Å². The molecule has 4 nitrogen and oxygen atoms in total. The van der Waals surface area contributed by atoms with Crippen LogP contribution in [0.3, 0.4) is 0 Å². The van der Waals surface area contributed by atoms with Crippen molar-refractivity contribution in [1.82, 2.24) is 10.2 Å². The molecule has 0 aliphatic carbocycles. The van der Waals surface area contributed by atoms with Crippen LogP contribution in [0.2, 0.25) is 5.02 Å². The van der Waals surface area contributed by atoms with E-state index in [1.54, 1.807) is 6.07 Å². The van der Waals surface area contributed by atoms with Gasteiger partial charge in [-0.2, -0.15) is 0 Å². The first-order valence-electron chi connectivity index (χ1n) is 7.40. The molecule has 24 heavy (non-hydrogen) atoms. The Kier molecular flexibility index (Phi) is 6.04. The van der Waals surface area contributed by atoms with Gasteiger partial charge in [0, 0.05) is 34.0 Å². The second kappa shape index (κ2) is 7.50. The van der Waals surface area contributed by atoms with E-state index in [1.165, 1.54) is 0 Å². The van der Waals surface area contributed by atoms with Gasteiger partial charge >= 0.3 is 0 Å². The molecule has 2 rings (SSSR count). The van der Waals surface area contributed by atoms with Gasteiger partial charge in [-0.05, 0) is 70.8 Å². The summed E-state index contributed by atoms with van der Waals surface area (Å²) in [5, 5.41) is 13.4. The molecule has 0 atom stereocenters. The van der Waals surface area contributed by atoms with E-state index in [9.17, 15) is 9.90 Å². The van der Waals surface area contributed by atoms with Crippen molar-refractivity contribution in [3.63, 3.8) is 0 Å². The Bertz CT molecular complexity index is 698. The zero-order valence-corrected chi connectivity index (χ0v) is 17.6. The Morgan fingerprint density at radius 2 is 2.08 bits per heavy atom. The number of halogens is 3. The van der Waals surface area contributed by atoms with Crippen LogP contribution in [0.1, 0.15) is 26.3 Å². The SMILES string of the molecule is CC(C)(C)N1C=CC(NC(=O)Cc2c(O)c(Br)cc(Cl)c2Br)=CC1. The molecule has 130 valence electrons. The van der Waals surface area contributed by atoms with Gasteiger partial charge in [-0.25, -0.2) is 0 Å². The Morgan fingerprint density at radius 3 is 2.62 bits per heavy atom. The molecule has 0 saturated heterocycles. The molecule has 0 unspecified atom stereocenters. The van der Waals surface area contributed by atoms with Crippen LogP contribution in [0.25, 0.3) is 0 Å². The number of rotatable bonds is 3. The molecule has 7 heteroatoms. The molecule has 1 amide bonds.